The van der Waals surface area contributed by atoms with Gasteiger partial charge in [0.2, 0.25) is 0 Å². The molecule has 1 aromatic carbocycles. The fourth-order valence-corrected chi connectivity index (χ4v) is 4.31. The lowest BCUT2D eigenvalue weighted by molar-refractivity contribution is -0.136. The van der Waals surface area contributed by atoms with Crippen molar-refractivity contribution in [1.29, 1.82) is 0 Å². The zero-order chi connectivity index (χ0) is 23.7. The summed E-state index contributed by atoms with van der Waals surface area (Å²) in [7, 11) is 0. The minimum absolute atomic E-state index is 0.0306. The van der Waals surface area contributed by atoms with E-state index in [2.05, 4.69) is 27.1 Å². The lowest BCUT2D eigenvalue weighted by Crippen LogP contribution is -2.35. The standard InChI is InChI=1S/C25H24F3N5O/c1-2-21-23(33-24-19(15-30-33)20(8-9-29-24)25(26,27)28)7-6-22(31-21)18-5-3-4-17(14-18)16-32-10-12-34-13-11-32/h3-9,14-15H,2,10-13,16H2,1H3. The third-order valence-electron chi connectivity index (χ3n) is 6.02. The van der Waals surface area contributed by atoms with Crippen LogP contribution in [0.25, 0.3) is 28.0 Å². The highest BCUT2D eigenvalue weighted by Crippen LogP contribution is 2.34. The van der Waals surface area contributed by atoms with Crippen molar-refractivity contribution in [3.63, 3.8) is 0 Å². The van der Waals surface area contributed by atoms with E-state index in [1.165, 1.54) is 16.4 Å². The Morgan fingerprint density at radius 3 is 2.65 bits per heavy atom. The van der Waals surface area contributed by atoms with Gasteiger partial charge in [0.15, 0.2) is 5.65 Å². The van der Waals surface area contributed by atoms with Crippen molar-refractivity contribution in [2.45, 2.75) is 26.1 Å². The molecule has 1 aliphatic rings. The molecule has 0 saturated carbocycles. The molecule has 176 valence electrons. The number of rotatable bonds is 5. The molecule has 1 fully saturated rings. The van der Waals surface area contributed by atoms with Crippen LogP contribution in [0.5, 0.6) is 0 Å². The van der Waals surface area contributed by atoms with Crippen LogP contribution in [-0.4, -0.2) is 51.0 Å². The monoisotopic (exact) mass is 467 g/mol. The Balaban J connectivity index is 1.49. The summed E-state index contributed by atoms with van der Waals surface area (Å²) in [5, 5.41) is 4.20. The van der Waals surface area contributed by atoms with Crippen LogP contribution in [0.4, 0.5) is 13.2 Å². The van der Waals surface area contributed by atoms with Crippen molar-refractivity contribution in [1.82, 2.24) is 24.6 Å². The van der Waals surface area contributed by atoms with E-state index >= 15 is 0 Å². The molecule has 4 aromatic rings. The van der Waals surface area contributed by atoms with Crippen LogP contribution >= 0.6 is 0 Å². The Kier molecular flexibility index (Phi) is 6.05. The number of alkyl halides is 3. The lowest BCUT2D eigenvalue weighted by Gasteiger charge is -2.26. The topological polar surface area (TPSA) is 56.1 Å². The molecule has 0 unspecified atom stereocenters. The molecule has 0 radical (unpaired) electrons. The zero-order valence-electron chi connectivity index (χ0n) is 18.7. The number of aromatic nitrogens is 4. The molecule has 5 rings (SSSR count). The van der Waals surface area contributed by atoms with E-state index in [9.17, 15) is 13.2 Å². The first kappa shape index (κ1) is 22.5. The van der Waals surface area contributed by atoms with Crippen LogP contribution in [0.1, 0.15) is 23.7 Å². The molecular weight excluding hydrogens is 443 g/mol. The average Bonchev–Trinajstić information content (AvgIpc) is 3.28. The van der Waals surface area contributed by atoms with Crippen molar-refractivity contribution < 1.29 is 17.9 Å². The summed E-state index contributed by atoms with van der Waals surface area (Å²) in [6, 6.07) is 13.0. The third kappa shape index (κ3) is 4.41. The van der Waals surface area contributed by atoms with E-state index in [-0.39, 0.29) is 11.0 Å². The smallest absolute Gasteiger partial charge is 0.379 e. The maximum atomic E-state index is 13.4. The van der Waals surface area contributed by atoms with Crippen molar-refractivity contribution in [3.05, 3.63) is 71.7 Å². The number of pyridine rings is 2. The molecule has 0 spiro atoms. The minimum Gasteiger partial charge on any atom is -0.379 e. The Morgan fingerprint density at radius 2 is 1.88 bits per heavy atom. The van der Waals surface area contributed by atoms with Gasteiger partial charge < -0.3 is 4.74 Å². The van der Waals surface area contributed by atoms with Gasteiger partial charge in [0.05, 0.1) is 47.4 Å². The maximum Gasteiger partial charge on any atom is 0.417 e. The van der Waals surface area contributed by atoms with Crippen molar-refractivity contribution in [2.24, 2.45) is 0 Å². The Morgan fingerprint density at radius 1 is 1.06 bits per heavy atom. The highest BCUT2D eigenvalue weighted by molar-refractivity contribution is 5.80. The van der Waals surface area contributed by atoms with Gasteiger partial charge in [-0.1, -0.05) is 25.1 Å². The van der Waals surface area contributed by atoms with Crippen LogP contribution in [-0.2, 0) is 23.9 Å². The first-order valence-corrected chi connectivity index (χ1v) is 11.2. The predicted molar refractivity (Wildman–Crippen MR) is 123 cm³/mol. The predicted octanol–water partition coefficient (Wildman–Crippen LogP) is 4.90. The average molecular weight is 467 g/mol. The van der Waals surface area contributed by atoms with E-state index in [0.29, 0.717) is 12.1 Å². The summed E-state index contributed by atoms with van der Waals surface area (Å²) < 4.78 is 47.1. The van der Waals surface area contributed by atoms with Crippen LogP contribution in [0.2, 0.25) is 0 Å². The van der Waals surface area contributed by atoms with Gasteiger partial charge in [0, 0.05) is 31.4 Å². The highest BCUT2D eigenvalue weighted by Gasteiger charge is 2.33. The van der Waals surface area contributed by atoms with Crippen LogP contribution in [0.15, 0.2) is 54.9 Å². The normalized spacial score (nSPS) is 15.2. The molecule has 34 heavy (non-hydrogen) atoms. The van der Waals surface area contributed by atoms with Crippen molar-refractivity contribution >= 4 is 11.0 Å². The number of hydrogen-bond acceptors (Lipinski definition) is 5. The van der Waals surface area contributed by atoms with E-state index in [1.807, 2.05) is 31.2 Å². The first-order valence-electron chi connectivity index (χ1n) is 11.2. The summed E-state index contributed by atoms with van der Waals surface area (Å²) >= 11 is 0. The van der Waals surface area contributed by atoms with Gasteiger partial charge in [0.25, 0.3) is 0 Å². The zero-order valence-corrected chi connectivity index (χ0v) is 18.7. The second-order valence-corrected chi connectivity index (χ2v) is 8.25. The molecular formula is C25H24F3N5O. The van der Waals surface area contributed by atoms with Crippen molar-refractivity contribution in [3.8, 4) is 16.9 Å². The third-order valence-corrected chi connectivity index (χ3v) is 6.02. The molecule has 0 N–H and O–H groups in total. The molecule has 6 nitrogen and oxygen atoms in total. The number of halogens is 3. The number of fused-ring (bicyclic) bond motifs is 1. The van der Waals surface area contributed by atoms with Gasteiger partial charge in [-0.25, -0.2) is 9.67 Å². The van der Waals surface area contributed by atoms with Gasteiger partial charge in [-0.05, 0) is 36.2 Å². The minimum atomic E-state index is -4.48. The molecule has 1 aliphatic heterocycles. The van der Waals surface area contributed by atoms with E-state index in [0.717, 1.165) is 62.1 Å². The Hall–Kier alpha value is -3.30. The largest absolute Gasteiger partial charge is 0.417 e. The van der Waals surface area contributed by atoms with E-state index in [4.69, 9.17) is 9.72 Å². The van der Waals surface area contributed by atoms with Crippen LogP contribution in [0, 0.1) is 0 Å². The Bertz CT molecular complexity index is 1310. The summed E-state index contributed by atoms with van der Waals surface area (Å²) in [5.41, 5.74) is 3.78. The molecule has 1 saturated heterocycles. The quantitative estimate of drug-likeness (QED) is 0.418. The fraction of sp³-hybridized carbons (Fsp3) is 0.320. The molecule has 0 atom stereocenters. The maximum absolute atomic E-state index is 13.4. The van der Waals surface area contributed by atoms with E-state index < -0.39 is 11.7 Å². The first-order chi connectivity index (χ1) is 16.4. The summed E-state index contributed by atoms with van der Waals surface area (Å²) in [6.07, 6.45) is -1.50. The SMILES string of the molecule is CCc1nc(-c2cccc(CN3CCOCC3)c2)ccc1-n1ncc2c(C(F)(F)F)ccnc21. The number of morpholine rings is 1. The van der Waals surface area contributed by atoms with Crippen molar-refractivity contribution in [2.75, 3.05) is 26.3 Å². The Labute approximate surface area is 195 Å². The van der Waals surface area contributed by atoms with Gasteiger partial charge in [-0.2, -0.15) is 18.3 Å². The summed E-state index contributed by atoms with van der Waals surface area (Å²) in [6.45, 7) is 6.15. The van der Waals surface area contributed by atoms with Gasteiger partial charge in [-0.15, -0.1) is 0 Å². The second-order valence-electron chi connectivity index (χ2n) is 8.25. The number of aryl methyl sites for hydroxylation is 1. The highest BCUT2D eigenvalue weighted by atomic mass is 19.4. The van der Waals surface area contributed by atoms with Gasteiger partial charge in [0.1, 0.15) is 0 Å². The molecule has 0 bridgehead atoms. The fourth-order valence-electron chi connectivity index (χ4n) is 4.31. The van der Waals surface area contributed by atoms with Crippen LogP contribution in [0.3, 0.4) is 0 Å². The second kappa shape index (κ2) is 9.15. The molecule has 9 heteroatoms. The van der Waals surface area contributed by atoms with Gasteiger partial charge >= 0.3 is 6.18 Å². The summed E-state index contributed by atoms with van der Waals surface area (Å²) in [4.78, 5) is 11.4. The summed E-state index contributed by atoms with van der Waals surface area (Å²) in [5.74, 6) is 0. The number of ether oxygens (including phenoxy) is 1. The van der Waals surface area contributed by atoms with E-state index in [1.54, 1.807) is 0 Å². The number of hydrogen-bond donors (Lipinski definition) is 0. The van der Waals surface area contributed by atoms with Crippen LogP contribution < -0.4 is 0 Å². The molecule has 3 aromatic heterocycles. The molecule has 0 amide bonds. The van der Waals surface area contributed by atoms with Gasteiger partial charge in [-0.3, -0.25) is 9.88 Å². The number of nitrogens with zero attached hydrogens (tertiary/aromatic N) is 5. The number of benzene rings is 1. The lowest BCUT2D eigenvalue weighted by atomic mass is 10.1. The molecule has 0 aliphatic carbocycles. The molecule has 4 heterocycles.